The van der Waals surface area contributed by atoms with Crippen molar-refractivity contribution in [3.05, 3.63) is 24.0 Å². The summed E-state index contributed by atoms with van der Waals surface area (Å²) in [6, 6.07) is 3.41. The molecule has 0 radical (unpaired) electrons. The molecule has 1 aliphatic heterocycles. The topological polar surface area (TPSA) is 58.6 Å². The minimum atomic E-state index is -0.588. The van der Waals surface area contributed by atoms with Crippen LogP contribution in [0.5, 0.6) is 5.75 Å². The SMILES string of the molecule is COc1cc(F)ccc1N1CCC(=O)NC(C(C)C)C1=O. The predicted molar refractivity (Wildman–Crippen MR) is 76.7 cm³/mol. The van der Waals surface area contributed by atoms with E-state index in [0.29, 0.717) is 5.69 Å². The molecule has 1 fully saturated rings. The molecule has 1 heterocycles. The van der Waals surface area contributed by atoms with Crippen LogP contribution in [0.3, 0.4) is 0 Å². The highest BCUT2D eigenvalue weighted by atomic mass is 19.1. The minimum Gasteiger partial charge on any atom is -0.494 e. The molecule has 114 valence electrons. The maximum atomic E-state index is 13.3. The van der Waals surface area contributed by atoms with Gasteiger partial charge in [-0.25, -0.2) is 4.39 Å². The standard InChI is InChI=1S/C15H19FN2O3/c1-9(2)14-15(20)18(7-6-13(19)17-14)11-5-4-10(16)8-12(11)21-3/h4-5,8-9,14H,6-7H2,1-3H3,(H,17,19). The number of rotatable bonds is 3. The molecular formula is C15H19FN2O3. The summed E-state index contributed by atoms with van der Waals surface area (Å²) in [4.78, 5) is 25.9. The Kier molecular flexibility index (Phi) is 4.45. The van der Waals surface area contributed by atoms with E-state index in [0.717, 1.165) is 0 Å². The fraction of sp³-hybridized carbons (Fsp3) is 0.467. The van der Waals surface area contributed by atoms with Gasteiger partial charge in [0.1, 0.15) is 17.6 Å². The normalized spacial score (nSPS) is 19.5. The number of benzene rings is 1. The number of anilines is 1. The van der Waals surface area contributed by atoms with Crippen molar-refractivity contribution in [2.24, 2.45) is 5.92 Å². The summed E-state index contributed by atoms with van der Waals surface area (Å²) in [5.41, 5.74) is 0.478. The van der Waals surface area contributed by atoms with Crippen molar-refractivity contribution < 1.29 is 18.7 Å². The van der Waals surface area contributed by atoms with Gasteiger partial charge in [-0.3, -0.25) is 9.59 Å². The molecule has 0 aliphatic carbocycles. The smallest absolute Gasteiger partial charge is 0.249 e. The largest absolute Gasteiger partial charge is 0.494 e. The van der Waals surface area contributed by atoms with Gasteiger partial charge in [0.25, 0.3) is 0 Å². The van der Waals surface area contributed by atoms with E-state index < -0.39 is 11.9 Å². The minimum absolute atomic E-state index is 0.0338. The summed E-state index contributed by atoms with van der Waals surface area (Å²) in [6.45, 7) is 3.98. The number of nitrogens with one attached hydrogen (secondary N) is 1. The molecule has 1 aromatic carbocycles. The molecule has 5 nitrogen and oxygen atoms in total. The van der Waals surface area contributed by atoms with E-state index in [9.17, 15) is 14.0 Å². The van der Waals surface area contributed by atoms with Crippen LogP contribution in [-0.2, 0) is 9.59 Å². The third kappa shape index (κ3) is 3.15. The van der Waals surface area contributed by atoms with Crippen LogP contribution in [0, 0.1) is 11.7 Å². The van der Waals surface area contributed by atoms with Gasteiger partial charge in [-0.15, -0.1) is 0 Å². The Labute approximate surface area is 123 Å². The number of hydrogen-bond donors (Lipinski definition) is 1. The number of ether oxygens (including phenoxy) is 1. The number of nitrogens with zero attached hydrogens (tertiary/aromatic N) is 1. The second-order valence-electron chi connectivity index (χ2n) is 5.35. The summed E-state index contributed by atoms with van der Waals surface area (Å²) < 4.78 is 18.4. The number of hydrogen-bond acceptors (Lipinski definition) is 3. The Hall–Kier alpha value is -2.11. The van der Waals surface area contributed by atoms with Gasteiger partial charge in [0.15, 0.2) is 0 Å². The lowest BCUT2D eigenvalue weighted by Crippen LogP contribution is -2.47. The molecule has 1 saturated heterocycles. The van der Waals surface area contributed by atoms with Crippen LogP contribution in [0.2, 0.25) is 0 Å². The van der Waals surface area contributed by atoms with Gasteiger partial charge in [-0.1, -0.05) is 13.8 Å². The Morgan fingerprint density at radius 1 is 1.38 bits per heavy atom. The van der Waals surface area contributed by atoms with Gasteiger partial charge in [0.05, 0.1) is 12.8 Å². The number of carbonyl (C=O) groups excluding carboxylic acids is 2. The molecule has 21 heavy (non-hydrogen) atoms. The highest BCUT2D eigenvalue weighted by molar-refractivity contribution is 6.02. The van der Waals surface area contributed by atoms with Crippen LogP contribution in [-0.4, -0.2) is 31.5 Å². The van der Waals surface area contributed by atoms with Gasteiger partial charge in [-0.2, -0.15) is 0 Å². The van der Waals surface area contributed by atoms with E-state index in [4.69, 9.17) is 4.74 Å². The van der Waals surface area contributed by atoms with Crippen molar-refractivity contribution >= 4 is 17.5 Å². The Bertz CT molecular complexity index is 560. The maximum Gasteiger partial charge on any atom is 0.249 e. The van der Waals surface area contributed by atoms with Crippen LogP contribution in [0.4, 0.5) is 10.1 Å². The van der Waals surface area contributed by atoms with Crippen LogP contribution in [0.1, 0.15) is 20.3 Å². The number of methoxy groups -OCH3 is 1. The molecular weight excluding hydrogens is 275 g/mol. The molecule has 1 atom stereocenters. The molecule has 1 aromatic rings. The zero-order valence-corrected chi connectivity index (χ0v) is 12.4. The Balaban J connectivity index is 2.41. The highest BCUT2D eigenvalue weighted by Crippen LogP contribution is 2.30. The molecule has 0 spiro atoms. The van der Waals surface area contributed by atoms with E-state index in [1.54, 1.807) is 0 Å². The number of halogens is 1. The lowest BCUT2D eigenvalue weighted by atomic mass is 10.0. The molecule has 0 saturated carbocycles. The van der Waals surface area contributed by atoms with Crippen molar-refractivity contribution in [2.45, 2.75) is 26.3 Å². The van der Waals surface area contributed by atoms with Crippen molar-refractivity contribution in [2.75, 3.05) is 18.6 Å². The molecule has 0 aromatic heterocycles. The molecule has 2 amide bonds. The first kappa shape index (κ1) is 15.3. The molecule has 0 bridgehead atoms. The van der Waals surface area contributed by atoms with E-state index >= 15 is 0 Å². The molecule has 1 N–H and O–H groups in total. The maximum absolute atomic E-state index is 13.3. The number of amides is 2. The third-order valence-corrected chi connectivity index (χ3v) is 3.51. The zero-order valence-electron chi connectivity index (χ0n) is 12.4. The van der Waals surface area contributed by atoms with E-state index in [-0.39, 0.29) is 36.4 Å². The second-order valence-corrected chi connectivity index (χ2v) is 5.35. The van der Waals surface area contributed by atoms with Crippen LogP contribution >= 0.6 is 0 Å². The quantitative estimate of drug-likeness (QED) is 0.923. The summed E-state index contributed by atoms with van der Waals surface area (Å²) in [5.74, 6) is -0.562. The second kappa shape index (κ2) is 6.11. The van der Waals surface area contributed by atoms with Gasteiger partial charge >= 0.3 is 0 Å². The first-order chi connectivity index (χ1) is 9.93. The van der Waals surface area contributed by atoms with E-state index in [1.165, 1.54) is 30.2 Å². The summed E-state index contributed by atoms with van der Waals surface area (Å²) in [7, 11) is 1.42. The predicted octanol–water partition coefficient (Wildman–Crippen LogP) is 1.71. The Morgan fingerprint density at radius 2 is 2.10 bits per heavy atom. The first-order valence-corrected chi connectivity index (χ1v) is 6.88. The average Bonchev–Trinajstić information content (AvgIpc) is 2.59. The fourth-order valence-electron chi connectivity index (χ4n) is 2.36. The van der Waals surface area contributed by atoms with E-state index in [1.807, 2.05) is 13.8 Å². The highest BCUT2D eigenvalue weighted by Gasteiger charge is 2.33. The van der Waals surface area contributed by atoms with Gasteiger partial charge < -0.3 is 15.0 Å². The molecule has 2 rings (SSSR count). The van der Waals surface area contributed by atoms with Crippen LogP contribution < -0.4 is 15.0 Å². The summed E-state index contributed by atoms with van der Waals surface area (Å²) in [5, 5.41) is 2.73. The van der Waals surface area contributed by atoms with Crippen molar-refractivity contribution in [1.29, 1.82) is 0 Å². The molecule has 1 aliphatic rings. The lowest BCUT2D eigenvalue weighted by molar-refractivity contribution is -0.126. The van der Waals surface area contributed by atoms with Gasteiger partial charge in [0.2, 0.25) is 11.8 Å². The molecule has 6 heteroatoms. The monoisotopic (exact) mass is 294 g/mol. The van der Waals surface area contributed by atoms with E-state index in [2.05, 4.69) is 5.32 Å². The van der Waals surface area contributed by atoms with Crippen LogP contribution in [0.25, 0.3) is 0 Å². The zero-order chi connectivity index (χ0) is 15.6. The van der Waals surface area contributed by atoms with Crippen molar-refractivity contribution in [1.82, 2.24) is 5.32 Å². The third-order valence-electron chi connectivity index (χ3n) is 3.51. The first-order valence-electron chi connectivity index (χ1n) is 6.88. The number of carbonyl (C=O) groups is 2. The van der Waals surface area contributed by atoms with Crippen molar-refractivity contribution in [3.8, 4) is 5.75 Å². The van der Waals surface area contributed by atoms with Gasteiger partial charge in [-0.05, 0) is 18.1 Å². The fourth-order valence-corrected chi connectivity index (χ4v) is 2.36. The van der Waals surface area contributed by atoms with Crippen molar-refractivity contribution in [3.63, 3.8) is 0 Å². The molecule has 1 unspecified atom stereocenters. The summed E-state index contributed by atoms with van der Waals surface area (Å²) >= 11 is 0. The van der Waals surface area contributed by atoms with Crippen LogP contribution in [0.15, 0.2) is 18.2 Å². The Morgan fingerprint density at radius 3 is 2.71 bits per heavy atom. The summed E-state index contributed by atoms with van der Waals surface area (Å²) in [6.07, 6.45) is 0.204. The van der Waals surface area contributed by atoms with Gasteiger partial charge in [0, 0.05) is 19.0 Å². The average molecular weight is 294 g/mol. The lowest BCUT2D eigenvalue weighted by Gasteiger charge is -2.27.